The SMILES string of the molecule is N#CC(C#N)=C(C#N)Nc1cc(C(F)(F)F)ccc1NCC(F)(F)F. The van der Waals surface area contributed by atoms with Crippen LogP contribution in [0.15, 0.2) is 29.5 Å². The molecular formula is C14H7F6N5. The molecule has 0 saturated heterocycles. The van der Waals surface area contributed by atoms with Gasteiger partial charge in [0.1, 0.15) is 30.4 Å². The van der Waals surface area contributed by atoms with Crippen LogP contribution in [0.1, 0.15) is 5.56 Å². The predicted octanol–water partition coefficient (Wildman–Crippen LogP) is 3.92. The van der Waals surface area contributed by atoms with Gasteiger partial charge < -0.3 is 10.6 Å². The summed E-state index contributed by atoms with van der Waals surface area (Å²) in [6.45, 7) is -1.54. The highest BCUT2D eigenvalue weighted by Crippen LogP contribution is 2.35. The van der Waals surface area contributed by atoms with E-state index >= 15 is 0 Å². The van der Waals surface area contributed by atoms with E-state index in [1.807, 2.05) is 5.32 Å². The molecule has 5 nitrogen and oxygen atoms in total. The van der Waals surface area contributed by atoms with E-state index in [2.05, 4.69) is 5.32 Å². The second-order valence-electron chi connectivity index (χ2n) is 4.44. The number of hydrogen-bond acceptors (Lipinski definition) is 5. The van der Waals surface area contributed by atoms with Crippen LogP contribution in [0.3, 0.4) is 0 Å². The van der Waals surface area contributed by atoms with E-state index in [9.17, 15) is 26.3 Å². The lowest BCUT2D eigenvalue weighted by atomic mass is 10.1. The minimum absolute atomic E-state index is 0.395. The minimum Gasteiger partial charge on any atom is -0.375 e. The van der Waals surface area contributed by atoms with Crippen molar-refractivity contribution in [3.8, 4) is 18.2 Å². The summed E-state index contributed by atoms with van der Waals surface area (Å²) < 4.78 is 75.2. The molecule has 0 atom stereocenters. The van der Waals surface area contributed by atoms with Crippen LogP contribution in [-0.2, 0) is 6.18 Å². The van der Waals surface area contributed by atoms with Crippen LogP contribution in [0, 0.1) is 34.0 Å². The van der Waals surface area contributed by atoms with Crippen molar-refractivity contribution in [1.29, 1.82) is 15.8 Å². The number of nitrogens with zero attached hydrogens (tertiary/aromatic N) is 3. The number of halogens is 6. The van der Waals surface area contributed by atoms with Gasteiger partial charge in [-0.25, -0.2) is 0 Å². The van der Waals surface area contributed by atoms with E-state index in [0.29, 0.717) is 12.1 Å². The molecule has 0 aromatic heterocycles. The van der Waals surface area contributed by atoms with Gasteiger partial charge in [0.25, 0.3) is 0 Å². The Bertz CT molecular complexity index is 785. The van der Waals surface area contributed by atoms with Gasteiger partial charge in [0.2, 0.25) is 0 Å². The summed E-state index contributed by atoms with van der Waals surface area (Å²) >= 11 is 0. The highest BCUT2D eigenvalue weighted by Gasteiger charge is 2.32. The molecule has 0 heterocycles. The smallest absolute Gasteiger partial charge is 0.375 e. The molecule has 0 aliphatic carbocycles. The van der Waals surface area contributed by atoms with E-state index in [1.165, 1.54) is 18.2 Å². The van der Waals surface area contributed by atoms with E-state index in [0.717, 1.165) is 6.07 Å². The van der Waals surface area contributed by atoms with Gasteiger partial charge in [-0.15, -0.1) is 0 Å². The Kier molecular flexibility index (Phi) is 5.86. The molecule has 0 saturated carbocycles. The Morgan fingerprint density at radius 1 is 0.920 bits per heavy atom. The lowest BCUT2D eigenvalue weighted by Gasteiger charge is -2.17. The Labute approximate surface area is 137 Å². The number of anilines is 2. The first-order chi connectivity index (χ1) is 11.5. The van der Waals surface area contributed by atoms with E-state index in [-0.39, 0.29) is 0 Å². The van der Waals surface area contributed by atoms with E-state index < -0.39 is 47.1 Å². The van der Waals surface area contributed by atoms with Crippen LogP contribution in [0.4, 0.5) is 37.7 Å². The fourth-order valence-electron chi connectivity index (χ4n) is 1.59. The van der Waals surface area contributed by atoms with Crippen molar-refractivity contribution in [3.05, 3.63) is 35.0 Å². The van der Waals surface area contributed by atoms with Gasteiger partial charge in [-0.2, -0.15) is 42.1 Å². The Hall–Kier alpha value is -3.39. The molecule has 25 heavy (non-hydrogen) atoms. The van der Waals surface area contributed by atoms with Crippen LogP contribution < -0.4 is 10.6 Å². The fraction of sp³-hybridized carbons (Fsp3) is 0.214. The summed E-state index contributed by atoms with van der Waals surface area (Å²) in [5, 5.41) is 30.3. The van der Waals surface area contributed by atoms with E-state index in [4.69, 9.17) is 15.8 Å². The molecule has 1 rings (SSSR count). The van der Waals surface area contributed by atoms with Crippen molar-refractivity contribution in [3.63, 3.8) is 0 Å². The molecule has 0 bridgehead atoms. The zero-order valence-electron chi connectivity index (χ0n) is 12.0. The third kappa shape index (κ3) is 5.63. The summed E-state index contributed by atoms with van der Waals surface area (Å²) in [6, 6.07) is 5.86. The number of hydrogen-bond donors (Lipinski definition) is 2. The molecule has 0 aliphatic rings. The van der Waals surface area contributed by atoms with Crippen molar-refractivity contribution < 1.29 is 26.3 Å². The summed E-state index contributed by atoms with van der Waals surface area (Å²) in [7, 11) is 0. The Balaban J connectivity index is 3.38. The largest absolute Gasteiger partial charge is 0.416 e. The molecule has 0 fully saturated rings. The number of benzene rings is 1. The second kappa shape index (κ2) is 7.45. The standard InChI is InChI=1S/C14H7F6N5/c15-13(16,17)7-24-10-2-1-9(14(18,19)20)3-11(10)25-12(6-23)8(4-21)5-22/h1-3,24-25H,7H2. The molecule has 2 N–H and O–H groups in total. The van der Waals surface area contributed by atoms with Gasteiger partial charge in [0.05, 0.1) is 16.9 Å². The van der Waals surface area contributed by atoms with Crippen LogP contribution in [0.2, 0.25) is 0 Å². The second-order valence-corrected chi connectivity index (χ2v) is 4.44. The molecule has 0 spiro atoms. The minimum atomic E-state index is -4.79. The van der Waals surface area contributed by atoms with Crippen LogP contribution in [0.25, 0.3) is 0 Å². The number of rotatable bonds is 4. The maximum atomic E-state index is 12.8. The zero-order chi connectivity index (χ0) is 19.3. The first kappa shape index (κ1) is 19.7. The van der Waals surface area contributed by atoms with Crippen molar-refractivity contribution in [2.45, 2.75) is 12.4 Å². The first-order valence-corrected chi connectivity index (χ1v) is 6.25. The molecule has 0 amide bonds. The molecule has 0 radical (unpaired) electrons. The predicted molar refractivity (Wildman–Crippen MR) is 73.5 cm³/mol. The molecule has 130 valence electrons. The monoisotopic (exact) mass is 359 g/mol. The summed E-state index contributed by atoms with van der Waals surface area (Å²) in [6.07, 6.45) is -9.43. The number of alkyl halides is 6. The first-order valence-electron chi connectivity index (χ1n) is 6.25. The van der Waals surface area contributed by atoms with Crippen LogP contribution in [0.5, 0.6) is 0 Å². The summed E-state index contributed by atoms with van der Waals surface area (Å²) in [5.41, 5.74) is -3.56. The molecule has 0 unspecified atom stereocenters. The molecule has 1 aromatic carbocycles. The number of allylic oxidation sites excluding steroid dienone is 2. The van der Waals surface area contributed by atoms with Gasteiger partial charge in [0.15, 0.2) is 5.57 Å². The lowest BCUT2D eigenvalue weighted by Crippen LogP contribution is -2.22. The third-order valence-electron chi connectivity index (χ3n) is 2.67. The highest BCUT2D eigenvalue weighted by atomic mass is 19.4. The van der Waals surface area contributed by atoms with E-state index in [1.54, 1.807) is 0 Å². The summed E-state index contributed by atoms with van der Waals surface area (Å²) in [5.74, 6) is 0. The Morgan fingerprint density at radius 3 is 1.96 bits per heavy atom. The van der Waals surface area contributed by atoms with Crippen molar-refractivity contribution in [2.24, 2.45) is 0 Å². The normalized spacial score (nSPS) is 10.8. The Morgan fingerprint density at radius 2 is 1.52 bits per heavy atom. The number of nitrogens with one attached hydrogen (secondary N) is 2. The lowest BCUT2D eigenvalue weighted by molar-refractivity contribution is -0.137. The fourth-order valence-corrected chi connectivity index (χ4v) is 1.59. The third-order valence-corrected chi connectivity index (χ3v) is 2.67. The van der Waals surface area contributed by atoms with Gasteiger partial charge >= 0.3 is 12.4 Å². The quantitative estimate of drug-likeness (QED) is 0.628. The van der Waals surface area contributed by atoms with Gasteiger partial charge in [-0.05, 0) is 18.2 Å². The maximum absolute atomic E-state index is 12.8. The van der Waals surface area contributed by atoms with Crippen molar-refractivity contribution in [1.82, 2.24) is 0 Å². The molecule has 0 aliphatic heterocycles. The molecule has 1 aromatic rings. The van der Waals surface area contributed by atoms with Crippen LogP contribution in [-0.4, -0.2) is 12.7 Å². The number of nitriles is 3. The molecular weight excluding hydrogens is 352 g/mol. The van der Waals surface area contributed by atoms with Crippen LogP contribution >= 0.6 is 0 Å². The van der Waals surface area contributed by atoms with Gasteiger partial charge in [0, 0.05) is 0 Å². The summed E-state index contributed by atoms with van der Waals surface area (Å²) in [4.78, 5) is 0. The average Bonchev–Trinajstić information content (AvgIpc) is 2.51. The average molecular weight is 359 g/mol. The molecule has 11 heteroatoms. The zero-order valence-corrected chi connectivity index (χ0v) is 12.0. The van der Waals surface area contributed by atoms with Gasteiger partial charge in [-0.1, -0.05) is 0 Å². The topological polar surface area (TPSA) is 95.4 Å². The van der Waals surface area contributed by atoms with Crippen molar-refractivity contribution >= 4 is 11.4 Å². The van der Waals surface area contributed by atoms with Gasteiger partial charge in [-0.3, -0.25) is 0 Å². The van der Waals surface area contributed by atoms with Crippen molar-refractivity contribution in [2.75, 3.05) is 17.2 Å². The maximum Gasteiger partial charge on any atom is 0.416 e. The highest BCUT2D eigenvalue weighted by molar-refractivity contribution is 5.74.